The van der Waals surface area contributed by atoms with Crippen LogP contribution in [0.1, 0.15) is 23.7 Å². The number of aldehydes is 1. The van der Waals surface area contributed by atoms with Gasteiger partial charge in [-0.3, -0.25) is 4.79 Å². The molecule has 0 spiro atoms. The van der Waals surface area contributed by atoms with Crippen LogP contribution in [-0.4, -0.2) is 66.7 Å². The first kappa shape index (κ1) is 22.0. The summed E-state index contributed by atoms with van der Waals surface area (Å²) in [5.41, 5.74) is 3.38. The highest BCUT2D eigenvalue weighted by molar-refractivity contribution is 7.21. The first-order valence-electron chi connectivity index (χ1n) is 10.0. The molecule has 3 heterocycles. The number of pyridine rings is 1. The third-order valence-electron chi connectivity index (χ3n) is 4.81. The maximum absolute atomic E-state index is 11.4. The van der Waals surface area contributed by atoms with Gasteiger partial charge in [-0.1, -0.05) is 29.5 Å². The number of fused-ring (bicyclic) bond motifs is 1. The Hall–Kier alpha value is -2.68. The SMILES string of the molecule is CNc1nc2ccc(-c3cccc(C(C)=O)c3)nc2s1.O=CCCN1CCNCC1. The van der Waals surface area contributed by atoms with E-state index >= 15 is 0 Å². The van der Waals surface area contributed by atoms with Crippen LogP contribution < -0.4 is 10.6 Å². The van der Waals surface area contributed by atoms with Gasteiger partial charge in [0.1, 0.15) is 16.6 Å². The average molecular weight is 426 g/mol. The molecule has 4 rings (SSSR count). The van der Waals surface area contributed by atoms with Gasteiger partial charge in [-0.2, -0.15) is 0 Å². The number of carbonyl (C=O) groups excluding carboxylic acids is 2. The number of nitrogens with one attached hydrogen (secondary N) is 2. The lowest BCUT2D eigenvalue weighted by molar-refractivity contribution is -0.108. The van der Waals surface area contributed by atoms with Crippen molar-refractivity contribution in [3.63, 3.8) is 0 Å². The van der Waals surface area contributed by atoms with Crippen LogP contribution in [0.25, 0.3) is 21.6 Å². The molecule has 0 atom stereocenters. The van der Waals surface area contributed by atoms with Gasteiger partial charge in [0.05, 0.1) is 5.69 Å². The standard InChI is InChI=1S/C15H13N3OS.C7H14N2O/c1-9(19)10-4-3-5-11(8-10)12-6-7-13-14(17-12)20-15(16-2)18-13;10-7-1-4-9-5-2-8-3-6-9/h3-8H,1-2H3,(H,16,18);7-8H,1-6H2. The van der Waals surface area contributed by atoms with Crippen LogP contribution >= 0.6 is 11.3 Å². The zero-order valence-corrected chi connectivity index (χ0v) is 18.2. The first-order chi connectivity index (χ1) is 14.6. The molecule has 1 fully saturated rings. The third-order valence-corrected chi connectivity index (χ3v) is 5.79. The van der Waals surface area contributed by atoms with E-state index in [4.69, 9.17) is 0 Å². The number of aromatic nitrogens is 2. The average Bonchev–Trinajstić information content (AvgIpc) is 3.21. The van der Waals surface area contributed by atoms with Crippen LogP contribution in [0, 0.1) is 0 Å². The van der Waals surface area contributed by atoms with E-state index in [0.717, 1.165) is 65.7 Å². The number of carbonyl (C=O) groups is 2. The number of hydrogen-bond acceptors (Lipinski definition) is 8. The molecule has 0 unspecified atom stereocenters. The number of nitrogens with zero attached hydrogens (tertiary/aromatic N) is 3. The molecule has 1 saturated heterocycles. The zero-order valence-electron chi connectivity index (χ0n) is 17.4. The Balaban J connectivity index is 0.000000216. The number of hydrogen-bond donors (Lipinski definition) is 2. The normalized spacial score (nSPS) is 14.1. The smallest absolute Gasteiger partial charge is 0.185 e. The predicted octanol–water partition coefficient (Wildman–Crippen LogP) is 3.08. The molecule has 3 aromatic rings. The van der Waals surface area contributed by atoms with Crippen molar-refractivity contribution in [2.24, 2.45) is 0 Å². The number of piperazine rings is 1. The number of Topliss-reactive ketones (excluding diaryl/α,β-unsaturated/α-hetero) is 1. The van der Waals surface area contributed by atoms with E-state index in [-0.39, 0.29) is 5.78 Å². The fourth-order valence-electron chi connectivity index (χ4n) is 3.15. The first-order valence-corrected chi connectivity index (χ1v) is 10.9. The fourth-order valence-corrected chi connectivity index (χ4v) is 3.94. The molecule has 30 heavy (non-hydrogen) atoms. The maximum Gasteiger partial charge on any atom is 0.185 e. The van der Waals surface area contributed by atoms with Crippen LogP contribution in [0.2, 0.25) is 0 Å². The van der Waals surface area contributed by atoms with Gasteiger partial charge in [-0.25, -0.2) is 9.97 Å². The zero-order chi connectivity index (χ0) is 21.3. The Morgan fingerprint density at radius 2 is 2.03 bits per heavy atom. The van der Waals surface area contributed by atoms with Gasteiger partial charge in [0.15, 0.2) is 10.9 Å². The van der Waals surface area contributed by atoms with Crippen LogP contribution in [0.4, 0.5) is 5.13 Å². The van der Waals surface area contributed by atoms with E-state index < -0.39 is 0 Å². The minimum atomic E-state index is 0.0585. The quantitative estimate of drug-likeness (QED) is 0.463. The second-order valence-electron chi connectivity index (χ2n) is 6.97. The van der Waals surface area contributed by atoms with Gasteiger partial charge < -0.3 is 20.3 Å². The molecule has 1 aromatic carbocycles. The number of benzene rings is 1. The van der Waals surface area contributed by atoms with Gasteiger partial charge in [-0.05, 0) is 25.1 Å². The Labute approximate surface area is 180 Å². The fraction of sp³-hybridized carbons (Fsp3) is 0.364. The van der Waals surface area contributed by atoms with Crippen LogP contribution in [0.5, 0.6) is 0 Å². The molecular formula is C22H27N5O2S. The molecule has 7 nitrogen and oxygen atoms in total. The van der Waals surface area contributed by atoms with E-state index in [1.807, 2.05) is 43.4 Å². The molecular weight excluding hydrogens is 398 g/mol. The van der Waals surface area contributed by atoms with Gasteiger partial charge in [-0.15, -0.1) is 0 Å². The summed E-state index contributed by atoms with van der Waals surface area (Å²) >= 11 is 1.52. The number of ketones is 1. The second-order valence-corrected chi connectivity index (χ2v) is 7.95. The largest absolute Gasteiger partial charge is 0.365 e. The number of rotatable bonds is 6. The van der Waals surface area contributed by atoms with E-state index in [0.29, 0.717) is 12.0 Å². The molecule has 158 valence electrons. The minimum Gasteiger partial charge on any atom is -0.365 e. The highest BCUT2D eigenvalue weighted by Gasteiger charge is 2.08. The molecule has 0 bridgehead atoms. The summed E-state index contributed by atoms with van der Waals surface area (Å²) in [6, 6.07) is 11.4. The monoisotopic (exact) mass is 425 g/mol. The predicted molar refractivity (Wildman–Crippen MR) is 122 cm³/mol. The van der Waals surface area contributed by atoms with Crippen molar-refractivity contribution in [2.75, 3.05) is 45.1 Å². The molecule has 1 aliphatic heterocycles. The van der Waals surface area contributed by atoms with Crippen molar-refractivity contribution in [3.05, 3.63) is 42.0 Å². The van der Waals surface area contributed by atoms with E-state index in [1.165, 1.54) is 11.3 Å². The highest BCUT2D eigenvalue weighted by atomic mass is 32.1. The summed E-state index contributed by atoms with van der Waals surface area (Å²) in [6.45, 7) is 6.82. The molecule has 2 N–H and O–H groups in total. The molecule has 0 saturated carbocycles. The summed E-state index contributed by atoms with van der Waals surface area (Å²) < 4.78 is 0. The molecule has 2 aromatic heterocycles. The van der Waals surface area contributed by atoms with Gasteiger partial charge in [0, 0.05) is 57.3 Å². The van der Waals surface area contributed by atoms with Crippen molar-refractivity contribution in [3.8, 4) is 11.3 Å². The maximum atomic E-state index is 11.4. The van der Waals surface area contributed by atoms with Gasteiger partial charge >= 0.3 is 0 Å². The Morgan fingerprint density at radius 3 is 2.73 bits per heavy atom. The lowest BCUT2D eigenvalue weighted by Crippen LogP contribution is -2.43. The Bertz CT molecular complexity index is 998. The number of thiazole rings is 1. The van der Waals surface area contributed by atoms with E-state index in [9.17, 15) is 9.59 Å². The van der Waals surface area contributed by atoms with E-state index in [1.54, 1.807) is 6.92 Å². The van der Waals surface area contributed by atoms with E-state index in [2.05, 4.69) is 25.5 Å². The summed E-state index contributed by atoms with van der Waals surface area (Å²) in [6.07, 6.45) is 1.67. The second kappa shape index (κ2) is 10.9. The summed E-state index contributed by atoms with van der Waals surface area (Å²) in [7, 11) is 1.84. The van der Waals surface area contributed by atoms with Gasteiger partial charge in [0.25, 0.3) is 0 Å². The van der Waals surface area contributed by atoms with Crippen molar-refractivity contribution in [1.82, 2.24) is 20.2 Å². The van der Waals surface area contributed by atoms with Crippen molar-refractivity contribution in [2.45, 2.75) is 13.3 Å². The molecule has 0 amide bonds. The Morgan fingerprint density at radius 1 is 1.23 bits per heavy atom. The highest BCUT2D eigenvalue weighted by Crippen LogP contribution is 2.27. The van der Waals surface area contributed by atoms with Crippen molar-refractivity contribution < 1.29 is 9.59 Å². The van der Waals surface area contributed by atoms with Crippen molar-refractivity contribution >= 4 is 38.9 Å². The molecule has 8 heteroatoms. The van der Waals surface area contributed by atoms with Crippen molar-refractivity contribution in [1.29, 1.82) is 0 Å². The summed E-state index contributed by atoms with van der Waals surface area (Å²) in [5.74, 6) is 0.0585. The molecule has 1 aliphatic rings. The number of anilines is 1. The lowest BCUT2D eigenvalue weighted by atomic mass is 10.1. The molecule has 0 radical (unpaired) electrons. The van der Waals surface area contributed by atoms with Crippen LogP contribution in [0.15, 0.2) is 36.4 Å². The lowest BCUT2D eigenvalue weighted by Gasteiger charge is -2.26. The summed E-state index contributed by atoms with van der Waals surface area (Å²) in [4.78, 5) is 33.7. The third kappa shape index (κ3) is 5.91. The topological polar surface area (TPSA) is 87.2 Å². The Kier molecular flexibility index (Phi) is 8.01. The summed E-state index contributed by atoms with van der Waals surface area (Å²) in [5, 5.41) is 7.13. The molecule has 0 aliphatic carbocycles. The van der Waals surface area contributed by atoms with Crippen LogP contribution in [-0.2, 0) is 4.79 Å². The minimum absolute atomic E-state index is 0.0585. The van der Waals surface area contributed by atoms with Gasteiger partial charge in [0.2, 0.25) is 0 Å². The van der Waals surface area contributed by atoms with Crippen LogP contribution in [0.3, 0.4) is 0 Å².